The molecule has 33 heavy (non-hydrogen) atoms. The minimum Gasteiger partial charge on any atom is -0.334 e. The molecule has 5 nitrogen and oxygen atoms in total. The smallest absolute Gasteiger partial charge is 0.229 e. The Bertz CT molecular complexity index is 1070. The van der Waals surface area contributed by atoms with Crippen molar-refractivity contribution < 1.29 is 14.5 Å². The molecule has 1 spiro atoms. The zero-order valence-corrected chi connectivity index (χ0v) is 20.1. The molecule has 1 saturated carbocycles. The van der Waals surface area contributed by atoms with Crippen molar-refractivity contribution in [2.75, 3.05) is 19.6 Å². The minimum atomic E-state index is 0.0122. The Morgan fingerprint density at radius 1 is 1.06 bits per heavy atom. The van der Waals surface area contributed by atoms with E-state index in [1.165, 1.54) is 55.1 Å². The molecule has 4 aliphatic rings. The maximum absolute atomic E-state index is 12.7. The van der Waals surface area contributed by atoms with Gasteiger partial charge in [-0.25, -0.2) is 0 Å². The van der Waals surface area contributed by atoms with Gasteiger partial charge in [0.2, 0.25) is 11.8 Å². The van der Waals surface area contributed by atoms with Gasteiger partial charge in [0.05, 0.1) is 25.3 Å². The first-order valence-electron chi connectivity index (χ1n) is 13.3. The van der Waals surface area contributed by atoms with Gasteiger partial charge >= 0.3 is 0 Å². The second kappa shape index (κ2) is 8.26. The summed E-state index contributed by atoms with van der Waals surface area (Å²) < 4.78 is 2.61. The number of quaternary nitrogens is 1. The van der Waals surface area contributed by atoms with Gasteiger partial charge in [0, 0.05) is 36.7 Å². The summed E-state index contributed by atoms with van der Waals surface area (Å²) in [5.41, 5.74) is 6.00. The number of aryl methyl sites for hydroxylation is 2. The molecular formula is C28H38N3O2+. The summed E-state index contributed by atoms with van der Waals surface area (Å²) in [5.74, 6) is 0.186. The fraction of sp³-hybridized carbons (Fsp3) is 0.643. The summed E-state index contributed by atoms with van der Waals surface area (Å²) in [5, 5.41) is 1.48. The minimum absolute atomic E-state index is 0.0122. The van der Waals surface area contributed by atoms with Crippen LogP contribution in [-0.2, 0) is 22.6 Å². The number of benzene rings is 1. The molecule has 1 N–H and O–H groups in total. The second-order valence-corrected chi connectivity index (χ2v) is 11.3. The summed E-state index contributed by atoms with van der Waals surface area (Å²) in [6.07, 6.45) is 11.5. The van der Waals surface area contributed by atoms with Gasteiger partial charge in [0.25, 0.3) is 0 Å². The van der Waals surface area contributed by atoms with Crippen LogP contribution in [0.5, 0.6) is 0 Å². The fourth-order valence-electron chi connectivity index (χ4n) is 7.59. The number of aromatic nitrogens is 1. The standard InChI is InChI=1S/C28H37N3O2/c1-20-9-10-23-22(17-20)21-7-6-8-24-27(21)30(23)16-15-29(24)13-4-5-14-31-25(32)18-28(19-26(31)33)11-2-3-12-28/h9-10,17,24H,2-8,11-16,18-19H2,1H3/p+1/t24-/m0/s1. The number of amides is 2. The van der Waals surface area contributed by atoms with Gasteiger partial charge in [0.1, 0.15) is 6.04 Å². The largest absolute Gasteiger partial charge is 0.334 e. The highest BCUT2D eigenvalue weighted by Crippen LogP contribution is 2.47. The number of fused-ring (bicyclic) bond motifs is 3. The summed E-state index contributed by atoms with van der Waals surface area (Å²) in [4.78, 5) is 28.8. The Morgan fingerprint density at radius 2 is 1.85 bits per heavy atom. The molecule has 2 aromatic rings. The number of unbranched alkanes of at least 4 members (excludes halogenated alkanes) is 1. The number of nitrogens with zero attached hydrogens (tertiary/aromatic N) is 2. The third-order valence-corrected chi connectivity index (χ3v) is 9.22. The Morgan fingerprint density at radius 3 is 2.64 bits per heavy atom. The first-order chi connectivity index (χ1) is 16.0. The zero-order valence-electron chi connectivity index (χ0n) is 20.1. The van der Waals surface area contributed by atoms with Crippen molar-refractivity contribution in [1.29, 1.82) is 0 Å². The monoisotopic (exact) mass is 448 g/mol. The lowest BCUT2D eigenvalue weighted by Crippen LogP contribution is -3.13. The van der Waals surface area contributed by atoms with Gasteiger partial charge in [-0.2, -0.15) is 0 Å². The highest BCUT2D eigenvalue weighted by molar-refractivity contribution is 5.98. The first kappa shape index (κ1) is 21.4. The number of rotatable bonds is 5. The average molecular weight is 449 g/mol. The molecule has 5 heteroatoms. The third-order valence-electron chi connectivity index (χ3n) is 9.22. The van der Waals surface area contributed by atoms with E-state index in [1.54, 1.807) is 21.1 Å². The van der Waals surface area contributed by atoms with Crippen LogP contribution >= 0.6 is 0 Å². The Labute approximate surface area is 197 Å². The predicted molar refractivity (Wildman–Crippen MR) is 129 cm³/mol. The van der Waals surface area contributed by atoms with Crippen LogP contribution < -0.4 is 4.90 Å². The molecule has 1 aromatic heterocycles. The van der Waals surface area contributed by atoms with E-state index in [1.807, 2.05) is 0 Å². The number of carbonyl (C=O) groups is 2. The summed E-state index contributed by atoms with van der Waals surface area (Å²) in [6.45, 7) is 6.25. The number of nitrogens with one attached hydrogen (secondary N) is 1. The van der Waals surface area contributed by atoms with E-state index < -0.39 is 0 Å². The summed E-state index contributed by atoms with van der Waals surface area (Å²) in [7, 11) is 0. The van der Waals surface area contributed by atoms with E-state index in [0.29, 0.717) is 25.4 Å². The van der Waals surface area contributed by atoms with E-state index in [-0.39, 0.29) is 17.2 Å². The van der Waals surface area contributed by atoms with Crippen molar-refractivity contribution in [3.63, 3.8) is 0 Å². The van der Waals surface area contributed by atoms with Crippen LogP contribution in [0.4, 0.5) is 0 Å². The predicted octanol–water partition coefficient (Wildman–Crippen LogP) is 3.72. The number of hydrogen-bond acceptors (Lipinski definition) is 2. The van der Waals surface area contributed by atoms with E-state index >= 15 is 0 Å². The number of likely N-dealkylation sites (tertiary alicyclic amines) is 1. The molecule has 176 valence electrons. The molecule has 2 amide bonds. The van der Waals surface area contributed by atoms with Crippen molar-refractivity contribution >= 4 is 22.7 Å². The molecule has 2 aliphatic carbocycles. The molecule has 1 saturated heterocycles. The molecule has 2 fully saturated rings. The van der Waals surface area contributed by atoms with Gasteiger partial charge in [-0.15, -0.1) is 0 Å². The van der Waals surface area contributed by atoms with E-state index in [0.717, 1.165) is 38.8 Å². The number of hydrogen-bond donors (Lipinski definition) is 1. The number of imide groups is 1. The van der Waals surface area contributed by atoms with E-state index in [4.69, 9.17) is 0 Å². The van der Waals surface area contributed by atoms with Crippen molar-refractivity contribution in [2.45, 2.75) is 90.1 Å². The molecule has 2 aliphatic heterocycles. The molecule has 3 heterocycles. The summed E-state index contributed by atoms with van der Waals surface area (Å²) >= 11 is 0. The normalized spacial score (nSPS) is 26.4. The molecule has 6 rings (SSSR count). The van der Waals surface area contributed by atoms with Crippen molar-refractivity contribution in [2.24, 2.45) is 5.41 Å². The Kier molecular flexibility index (Phi) is 5.36. The van der Waals surface area contributed by atoms with Gasteiger partial charge < -0.3 is 9.47 Å². The molecular weight excluding hydrogens is 410 g/mol. The molecule has 1 aromatic carbocycles. The highest BCUT2D eigenvalue weighted by atomic mass is 16.2. The maximum Gasteiger partial charge on any atom is 0.229 e. The van der Waals surface area contributed by atoms with Crippen LogP contribution in [0, 0.1) is 12.3 Å². The maximum atomic E-state index is 12.7. The molecule has 0 radical (unpaired) electrons. The van der Waals surface area contributed by atoms with Crippen LogP contribution in [0.1, 0.15) is 87.1 Å². The molecule has 1 unspecified atom stereocenters. The fourth-order valence-corrected chi connectivity index (χ4v) is 7.59. The SMILES string of the molecule is Cc1ccc2c(c1)c1c3n2CC[NH+](CCCCN2C(=O)CC4(CCCC4)CC2=O)[C@H]3CCC1. The zero-order chi connectivity index (χ0) is 22.6. The van der Waals surface area contributed by atoms with Crippen molar-refractivity contribution in [1.82, 2.24) is 9.47 Å². The Hall–Kier alpha value is -2.14. The van der Waals surface area contributed by atoms with E-state index in [2.05, 4.69) is 29.7 Å². The quantitative estimate of drug-likeness (QED) is 0.560. The van der Waals surface area contributed by atoms with Crippen LogP contribution in [-0.4, -0.2) is 40.9 Å². The lowest BCUT2D eigenvalue weighted by atomic mass is 9.76. The van der Waals surface area contributed by atoms with Crippen LogP contribution in [0.2, 0.25) is 0 Å². The number of carbonyl (C=O) groups excluding carboxylic acids is 2. The van der Waals surface area contributed by atoms with Gasteiger partial charge in [-0.3, -0.25) is 14.5 Å². The highest BCUT2D eigenvalue weighted by Gasteiger charge is 2.45. The lowest BCUT2D eigenvalue weighted by Gasteiger charge is -2.38. The van der Waals surface area contributed by atoms with Crippen LogP contribution in [0.3, 0.4) is 0 Å². The molecule has 0 bridgehead atoms. The lowest BCUT2D eigenvalue weighted by molar-refractivity contribution is -0.937. The van der Waals surface area contributed by atoms with Crippen LogP contribution in [0.25, 0.3) is 10.9 Å². The van der Waals surface area contributed by atoms with Gasteiger partial charge in [-0.05, 0) is 68.6 Å². The van der Waals surface area contributed by atoms with Gasteiger partial charge in [-0.1, -0.05) is 24.5 Å². The van der Waals surface area contributed by atoms with Crippen molar-refractivity contribution in [3.05, 3.63) is 35.0 Å². The number of piperidine rings is 1. The van der Waals surface area contributed by atoms with E-state index in [9.17, 15) is 9.59 Å². The van der Waals surface area contributed by atoms with Gasteiger partial charge in [0.15, 0.2) is 0 Å². The summed E-state index contributed by atoms with van der Waals surface area (Å²) in [6, 6.07) is 7.58. The average Bonchev–Trinajstić information content (AvgIpc) is 3.37. The van der Waals surface area contributed by atoms with Crippen LogP contribution in [0.15, 0.2) is 18.2 Å². The third kappa shape index (κ3) is 3.63. The second-order valence-electron chi connectivity index (χ2n) is 11.3. The molecule has 2 atom stereocenters. The Balaban J connectivity index is 1.09. The van der Waals surface area contributed by atoms with Crippen molar-refractivity contribution in [3.8, 4) is 0 Å². The topological polar surface area (TPSA) is 46.8 Å². The first-order valence-corrected chi connectivity index (χ1v) is 13.3.